The van der Waals surface area contributed by atoms with Gasteiger partial charge in [0.2, 0.25) is 0 Å². The number of ketones is 1. The molecule has 4 nitrogen and oxygen atoms in total. The van der Waals surface area contributed by atoms with E-state index in [4.69, 9.17) is 4.74 Å². The fraction of sp³-hybridized carbons (Fsp3) is 0.714. The van der Waals surface area contributed by atoms with Crippen LogP contribution >= 0.6 is 0 Å². The molecule has 0 radical (unpaired) electrons. The van der Waals surface area contributed by atoms with Gasteiger partial charge in [0.1, 0.15) is 5.60 Å². The Bertz CT molecular complexity index is 341. The van der Waals surface area contributed by atoms with Crippen LogP contribution in [0.25, 0.3) is 0 Å². The van der Waals surface area contributed by atoms with Crippen molar-refractivity contribution in [2.75, 3.05) is 13.1 Å². The highest BCUT2D eigenvalue weighted by molar-refractivity contribution is 5.87. The Morgan fingerprint density at radius 2 is 2.00 bits per heavy atom. The van der Waals surface area contributed by atoms with Crippen molar-refractivity contribution in [1.29, 1.82) is 0 Å². The van der Waals surface area contributed by atoms with E-state index < -0.39 is 5.60 Å². The molecule has 1 aliphatic rings. The van der Waals surface area contributed by atoms with Gasteiger partial charge in [-0.3, -0.25) is 4.79 Å². The van der Waals surface area contributed by atoms with E-state index in [-0.39, 0.29) is 17.8 Å². The highest BCUT2D eigenvalue weighted by Crippen LogP contribution is 2.20. The van der Waals surface area contributed by atoms with Crippen molar-refractivity contribution in [1.82, 2.24) is 4.90 Å². The molecule has 18 heavy (non-hydrogen) atoms. The summed E-state index contributed by atoms with van der Waals surface area (Å²) in [7, 11) is 0. The van der Waals surface area contributed by atoms with Crippen LogP contribution in [0, 0.1) is 5.92 Å². The average molecular weight is 253 g/mol. The Kier molecular flexibility index (Phi) is 4.93. The van der Waals surface area contributed by atoms with Gasteiger partial charge in [0.25, 0.3) is 0 Å². The van der Waals surface area contributed by atoms with Gasteiger partial charge in [0.15, 0.2) is 5.78 Å². The van der Waals surface area contributed by atoms with Crippen molar-refractivity contribution in [2.24, 2.45) is 5.92 Å². The van der Waals surface area contributed by atoms with E-state index >= 15 is 0 Å². The molecule has 0 aromatic rings. The fourth-order valence-electron chi connectivity index (χ4n) is 1.93. The molecule has 1 fully saturated rings. The number of ether oxygens (including phenoxy) is 1. The summed E-state index contributed by atoms with van der Waals surface area (Å²) in [5.74, 6) is 0.305. The largest absolute Gasteiger partial charge is 0.444 e. The maximum atomic E-state index is 11.9. The van der Waals surface area contributed by atoms with Crippen LogP contribution in [0.15, 0.2) is 12.2 Å². The molecule has 1 atom stereocenters. The van der Waals surface area contributed by atoms with Crippen molar-refractivity contribution >= 4 is 11.9 Å². The molecule has 0 spiro atoms. The molecular weight excluding hydrogens is 230 g/mol. The Hall–Kier alpha value is -1.32. The van der Waals surface area contributed by atoms with Gasteiger partial charge in [-0.1, -0.05) is 6.08 Å². The van der Waals surface area contributed by atoms with E-state index in [1.165, 1.54) is 6.92 Å². The number of carbonyl (C=O) groups excluding carboxylic acids is 2. The van der Waals surface area contributed by atoms with E-state index in [1.807, 2.05) is 26.8 Å². The van der Waals surface area contributed by atoms with Crippen LogP contribution in [0.5, 0.6) is 0 Å². The third kappa shape index (κ3) is 5.34. The smallest absolute Gasteiger partial charge is 0.410 e. The summed E-state index contributed by atoms with van der Waals surface area (Å²) in [6.07, 6.45) is 5.19. The summed E-state index contributed by atoms with van der Waals surface area (Å²) in [4.78, 5) is 24.5. The number of hydrogen-bond acceptors (Lipinski definition) is 3. The van der Waals surface area contributed by atoms with Gasteiger partial charge in [-0.2, -0.15) is 0 Å². The van der Waals surface area contributed by atoms with Crippen molar-refractivity contribution < 1.29 is 14.3 Å². The lowest BCUT2D eigenvalue weighted by Gasteiger charge is -2.33. The minimum atomic E-state index is -0.459. The first-order valence-electron chi connectivity index (χ1n) is 6.44. The third-order valence-corrected chi connectivity index (χ3v) is 2.71. The zero-order chi connectivity index (χ0) is 13.8. The molecule has 0 N–H and O–H groups in total. The van der Waals surface area contributed by atoms with Gasteiger partial charge in [0, 0.05) is 13.1 Å². The van der Waals surface area contributed by atoms with Gasteiger partial charge in [-0.05, 0) is 52.5 Å². The number of carbonyl (C=O) groups is 2. The summed E-state index contributed by atoms with van der Waals surface area (Å²) >= 11 is 0. The number of likely N-dealkylation sites (tertiary alicyclic amines) is 1. The molecule has 0 aliphatic carbocycles. The van der Waals surface area contributed by atoms with Crippen LogP contribution in [0.3, 0.4) is 0 Å². The first-order valence-corrected chi connectivity index (χ1v) is 6.44. The van der Waals surface area contributed by atoms with Gasteiger partial charge in [0.05, 0.1) is 0 Å². The minimum Gasteiger partial charge on any atom is -0.444 e. The number of piperidine rings is 1. The molecule has 1 amide bonds. The lowest BCUT2D eigenvalue weighted by Crippen LogP contribution is -2.42. The molecule has 1 unspecified atom stereocenters. The first kappa shape index (κ1) is 14.7. The van der Waals surface area contributed by atoms with Crippen LogP contribution in [-0.4, -0.2) is 35.5 Å². The van der Waals surface area contributed by atoms with Gasteiger partial charge >= 0.3 is 6.09 Å². The summed E-state index contributed by atoms with van der Waals surface area (Å²) in [5, 5.41) is 0. The molecule has 1 saturated heterocycles. The van der Waals surface area contributed by atoms with Crippen LogP contribution in [-0.2, 0) is 9.53 Å². The molecule has 0 aromatic heterocycles. The zero-order valence-electron chi connectivity index (χ0n) is 11.7. The standard InChI is InChI=1S/C14H23NO3/c1-11(16)7-8-12-6-5-9-15(10-12)13(17)18-14(2,3)4/h7-8,12H,5-6,9-10H2,1-4H3/b8-7+. The summed E-state index contributed by atoms with van der Waals surface area (Å²) in [6, 6.07) is 0. The maximum absolute atomic E-state index is 11.9. The summed E-state index contributed by atoms with van der Waals surface area (Å²) in [5.41, 5.74) is -0.459. The van der Waals surface area contributed by atoms with Gasteiger partial charge in [-0.25, -0.2) is 4.79 Å². The predicted molar refractivity (Wildman–Crippen MR) is 70.4 cm³/mol. The van der Waals surface area contributed by atoms with Crippen molar-refractivity contribution in [2.45, 2.75) is 46.1 Å². The van der Waals surface area contributed by atoms with E-state index in [0.717, 1.165) is 19.4 Å². The zero-order valence-corrected chi connectivity index (χ0v) is 11.7. The first-order chi connectivity index (χ1) is 8.28. The van der Waals surface area contributed by atoms with Crippen LogP contribution in [0.4, 0.5) is 4.79 Å². The highest BCUT2D eigenvalue weighted by Gasteiger charge is 2.26. The van der Waals surface area contributed by atoms with Crippen LogP contribution < -0.4 is 0 Å². The highest BCUT2D eigenvalue weighted by atomic mass is 16.6. The van der Waals surface area contributed by atoms with Crippen LogP contribution in [0.1, 0.15) is 40.5 Å². The van der Waals surface area contributed by atoms with Gasteiger partial charge in [-0.15, -0.1) is 0 Å². The molecule has 1 rings (SSSR count). The second-order valence-electron chi connectivity index (χ2n) is 5.80. The van der Waals surface area contributed by atoms with E-state index in [9.17, 15) is 9.59 Å². The van der Waals surface area contributed by atoms with E-state index in [2.05, 4.69) is 0 Å². The van der Waals surface area contributed by atoms with Crippen LogP contribution in [0.2, 0.25) is 0 Å². The predicted octanol–water partition coefficient (Wildman–Crippen LogP) is 2.78. The monoisotopic (exact) mass is 253 g/mol. The lowest BCUT2D eigenvalue weighted by atomic mass is 9.97. The molecule has 0 aromatic carbocycles. The molecule has 102 valence electrons. The second kappa shape index (κ2) is 6.03. The number of nitrogens with zero attached hydrogens (tertiary/aromatic N) is 1. The van der Waals surface area contributed by atoms with E-state index in [0.29, 0.717) is 6.54 Å². The Morgan fingerprint density at radius 1 is 1.33 bits per heavy atom. The third-order valence-electron chi connectivity index (χ3n) is 2.71. The number of rotatable bonds is 2. The number of hydrogen-bond donors (Lipinski definition) is 0. The molecule has 4 heteroatoms. The number of allylic oxidation sites excluding steroid dienone is 1. The van der Waals surface area contributed by atoms with Gasteiger partial charge < -0.3 is 9.64 Å². The van der Waals surface area contributed by atoms with Crippen molar-refractivity contribution in [3.05, 3.63) is 12.2 Å². The Balaban J connectivity index is 2.53. The normalized spacial score (nSPS) is 21.1. The molecular formula is C14H23NO3. The van der Waals surface area contributed by atoms with Crippen molar-refractivity contribution in [3.8, 4) is 0 Å². The molecule has 0 saturated carbocycles. The lowest BCUT2D eigenvalue weighted by molar-refractivity contribution is -0.112. The molecule has 1 aliphatic heterocycles. The van der Waals surface area contributed by atoms with Crippen molar-refractivity contribution in [3.63, 3.8) is 0 Å². The van der Waals surface area contributed by atoms with E-state index in [1.54, 1.807) is 11.0 Å². The summed E-state index contributed by atoms with van der Waals surface area (Å²) < 4.78 is 5.35. The Morgan fingerprint density at radius 3 is 2.56 bits per heavy atom. The quantitative estimate of drug-likeness (QED) is 0.711. The maximum Gasteiger partial charge on any atom is 0.410 e. The second-order valence-corrected chi connectivity index (χ2v) is 5.80. The molecule has 0 bridgehead atoms. The number of amides is 1. The minimum absolute atomic E-state index is 0.0457. The Labute approximate surface area is 109 Å². The fourth-order valence-corrected chi connectivity index (χ4v) is 1.93. The average Bonchev–Trinajstić information content (AvgIpc) is 2.24. The topological polar surface area (TPSA) is 46.6 Å². The molecule has 1 heterocycles. The summed E-state index contributed by atoms with van der Waals surface area (Å²) in [6.45, 7) is 8.49. The SMILES string of the molecule is CC(=O)/C=C/C1CCCN(C(=O)OC(C)(C)C)C1.